The Bertz CT molecular complexity index is 894. The molecule has 0 radical (unpaired) electrons. The molecule has 2 amide bonds. The van der Waals surface area contributed by atoms with Crippen molar-refractivity contribution < 1.29 is 19.1 Å². The Kier molecular flexibility index (Phi) is 6.12. The van der Waals surface area contributed by atoms with E-state index in [0.717, 1.165) is 23.0 Å². The Morgan fingerprint density at radius 3 is 2.66 bits per heavy atom. The zero-order valence-corrected chi connectivity index (χ0v) is 17.8. The van der Waals surface area contributed by atoms with E-state index in [-0.39, 0.29) is 12.0 Å². The van der Waals surface area contributed by atoms with Crippen LogP contribution >= 0.6 is 0 Å². The molecule has 8 nitrogen and oxygen atoms in total. The summed E-state index contributed by atoms with van der Waals surface area (Å²) in [5.74, 6) is 0.232. The predicted octanol–water partition coefficient (Wildman–Crippen LogP) is 2.59. The normalized spacial score (nSPS) is 14.7. The van der Waals surface area contributed by atoms with Gasteiger partial charge >= 0.3 is 6.09 Å². The molecule has 0 aliphatic carbocycles. The highest BCUT2D eigenvalue weighted by Crippen LogP contribution is 2.23. The third-order valence-electron chi connectivity index (χ3n) is 4.79. The van der Waals surface area contributed by atoms with Gasteiger partial charge in [0.25, 0.3) is 5.91 Å². The van der Waals surface area contributed by atoms with Crippen LogP contribution in [0.5, 0.6) is 0 Å². The Balaban J connectivity index is 1.61. The minimum atomic E-state index is -0.479. The van der Waals surface area contributed by atoms with Gasteiger partial charge in [-0.2, -0.15) is 5.10 Å². The molecule has 1 aliphatic heterocycles. The SMILES string of the molecule is COCCNC(=O)c1cc2cn(CC3CN(C(=O)OC(C)(C)C)C3)nc2cc1C. The summed E-state index contributed by atoms with van der Waals surface area (Å²) < 4.78 is 12.3. The number of nitrogens with one attached hydrogen (secondary N) is 1. The van der Waals surface area contributed by atoms with E-state index in [1.54, 1.807) is 12.0 Å². The number of amides is 2. The van der Waals surface area contributed by atoms with Crippen LogP contribution in [0.3, 0.4) is 0 Å². The van der Waals surface area contributed by atoms with Crippen molar-refractivity contribution in [2.45, 2.75) is 39.8 Å². The Hall–Kier alpha value is -2.61. The molecule has 29 heavy (non-hydrogen) atoms. The summed E-state index contributed by atoms with van der Waals surface area (Å²) in [6.07, 6.45) is 1.69. The summed E-state index contributed by atoms with van der Waals surface area (Å²) >= 11 is 0. The molecule has 8 heteroatoms. The molecule has 2 heterocycles. The first-order valence-corrected chi connectivity index (χ1v) is 9.89. The van der Waals surface area contributed by atoms with Gasteiger partial charge in [0.1, 0.15) is 5.60 Å². The van der Waals surface area contributed by atoms with Gasteiger partial charge in [-0.3, -0.25) is 9.48 Å². The van der Waals surface area contributed by atoms with E-state index in [9.17, 15) is 9.59 Å². The lowest BCUT2D eigenvalue weighted by molar-refractivity contribution is -0.00381. The summed E-state index contributed by atoms with van der Waals surface area (Å²) in [4.78, 5) is 26.1. The van der Waals surface area contributed by atoms with Gasteiger partial charge in [-0.15, -0.1) is 0 Å². The zero-order chi connectivity index (χ0) is 21.2. The fraction of sp³-hybridized carbons (Fsp3) is 0.571. The molecule has 3 rings (SSSR count). The molecule has 2 aromatic rings. The smallest absolute Gasteiger partial charge is 0.410 e. The van der Waals surface area contributed by atoms with Crippen molar-refractivity contribution >= 4 is 22.9 Å². The lowest BCUT2D eigenvalue weighted by atomic mass is 10.0. The fourth-order valence-electron chi connectivity index (χ4n) is 3.35. The Morgan fingerprint density at radius 1 is 1.28 bits per heavy atom. The molecule has 158 valence electrons. The van der Waals surface area contributed by atoms with Crippen molar-refractivity contribution in [1.29, 1.82) is 0 Å². The molecule has 0 saturated carbocycles. The summed E-state index contributed by atoms with van der Waals surface area (Å²) in [6, 6.07) is 3.81. The second kappa shape index (κ2) is 8.41. The van der Waals surface area contributed by atoms with Crippen LogP contribution in [0.25, 0.3) is 10.9 Å². The van der Waals surface area contributed by atoms with Gasteiger partial charge in [-0.1, -0.05) is 0 Å². The highest BCUT2D eigenvalue weighted by Gasteiger charge is 2.34. The maximum absolute atomic E-state index is 12.4. The van der Waals surface area contributed by atoms with Crippen molar-refractivity contribution in [1.82, 2.24) is 20.0 Å². The Morgan fingerprint density at radius 2 is 2.00 bits per heavy atom. The van der Waals surface area contributed by atoms with Gasteiger partial charge in [0, 0.05) is 56.4 Å². The first kappa shape index (κ1) is 21.1. The topological polar surface area (TPSA) is 85.7 Å². The molecular formula is C21H30N4O4. The molecule has 0 spiro atoms. The van der Waals surface area contributed by atoms with Crippen LogP contribution in [0.1, 0.15) is 36.7 Å². The number of aromatic nitrogens is 2. The molecule has 1 aromatic heterocycles. The third-order valence-corrected chi connectivity index (χ3v) is 4.79. The van der Waals surface area contributed by atoms with Gasteiger partial charge in [0.2, 0.25) is 0 Å². The van der Waals surface area contributed by atoms with Crippen LogP contribution in [0, 0.1) is 12.8 Å². The van der Waals surface area contributed by atoms with Gasteiger partial charge < -0.3 is 19.7 Å². The molecule has 1 aromatic carbocycles. The number of carbonyl (C=O) groups excluding carboxylic acids is 2. The van der Waals surface area contributed by atoms with Gasteiger partial charge in [0.15, 0.2) is 0 Å². The van der Waals surface area contributed by atoms with Gasteiger partial charge in [-0.25, -0.2) is 4.79 Å². The quantitative estimate of drug-likeness (QED) is 0.751. The summed E-state index contributed by atoms with van der Waals surface area (Å²) in [6.45, 7) is 10.5. The van der Waals surface area contributed by atoms with E-state index in [4.69, 9.17) is 9.47 Å². The molecule has 1 saturated heterocycles. The number of hydrogen-bond donors (Lipinski definition) is 1. The van der Waals surface area contributed by atoms with Crippen LogP contribution in [0.2, 0.25) is 0 Å². The van der Waals surface area contributed by atoms with Crippen LogP contribution < -0.4 is 5.32 Å². The zero-order valence-electron chi connectivity index (χ0n) is 17.8. The maximum Gasteiger partial charge on any atom is 0.410 e. The number of aryl methyl sites for hydroxylation is 1. The minimum absolute atomic E-state index is 0.110. The summed E-state index contributed by atoms with van der Waals surface area (Å²) in [5, 5.41) is 8.41. The standard InChI is InChI=1S/C21H30N4O4/c1-14-8-18-16(9-17(14)19(26)22-6-7-28-5)13-25(23-18)12-15-10-24(11-15)20(27)29-21(2,3)4/h8-9,13,15H,6-7,10-12H2,1-5H3,(H,22,26). The molecule has 0 atom stereocenters. The minimum Gasteiger partial charge on any atom is -0.444 e. The number of rotatable bonds is 6. The van der Waals surface area contributed by atoms with E-state index in [1.807, 2.05) is 50.7 Å². The first-order chi connectivity index (χ1) is 13.7. The van der Waals surface area contributed by atoms with E-state index in [2.05, 4.69) is 10.4 Å². The van der Waals surface area contributed by atoms with Crippen LogP contribution in [-0.2, 0) is 16.0 Å². The molecule has 1 N–H and O–H groups in total. The highest BCUT2D eigenvalue weighted by molar-refractivity contribution is 5.99. The van der Waals surface area contributed by atoms with Crippen molar-refractivity contribution in [3.05, 3.63) is 29.5 Å². The fourth-order valence-corrected chi connectivity index (χ4v) is 3.35. The van der Waals surface area contributed by atoms with E-state index in [0.29, 0.717) is 37.7 Å². The second-order valence-corrected chi connectivity index (χ2v) is 8.58. The lowest BCUT2D eigenvalue weighted by Gasteiger charge is -2.39. The van der Waals surface area contributed by atoms with Crippen LogP contribution in [0.4, 0.5) is 4.79 Å². The number of fused-ring (bicyclic) bond motifs is 1. The van der Waals surface area contributed by atoms with Gasteiger partial charge in [-0.05, 0) is 45.4 Å². The van der Waals surface area contributed by atoms with Crippen molar-refractivity contribution in [2.24, 2.45) is 5.92 Å². The number of likely N-dealkylation sites (tertiary alicyclic amines) is 1. The van der Waals surface area contributed by atoms with Crippen LogP contribution in [0.15, 0.2) is 18.3 Å². The van der Waals surface area contributed by atoms with Crippen molar-refractivity contribution in [2.75, 3.05) is 33.4 Å². The van der Waals surface area contributed by atoms with Crippen LogP contribution in [-0.4, -0.2) is 65.6 Å². The van der Waals surface area contributed by atoms with E-state index in [1.165, 1.54) is 0 Å². The number of nitrogens with zero attached hydrogens (tertiary/aromatic N) is 3. The highest BCUT2D eigenvalue weighted by atomic mass is 16.6. The number of carbonyl (C=O) groups is 2. The molecule has 1 fully saturated rings. The number of methoxy groups -OCH3 is 1. The molecule has 1 aliphatic rings. The second-order valence-electron chi connectivity index (χ2n) is 8.58. The first-order valence-electron chi connectivity index (χ1n) is 9.89. The van der Waals surface area contributed by atoms with Gasteiger partial charge in [0.05, 0.1) is 12.1 Å². The molecular weight excluding hydrogens is 372 g/mol. The van der Waals surface area contributed by atoms with Crippen molar-refractivity contribution in [3.63, 3.8) is 0 Å². The van der Waals surface area contributed by atoms with E-state index >= 15 is 0 Å². The summed E-state index contributed by atoms with van der Waals surface area (Å²) in [7, 11) is 1.60. The predicted molar refractivity (Wildman–Crippen MR) is 110 cm³/mol. The van der Waals surface area contributed by atoms with E-state index < -0.39 is 5.60 Å². The number of benzene rings is 1. The lowest BCUT2D eigenvalue weighted by Crippen LogP contribution is -2.52. The summed E-state index contributed by atoms with van der Waals surface area (Å²) in [5.41, 5.74) is 1.91. The maximum atomic E-state index is 12.4. The Labute approximate surface area is 171 Å². The molecule has 0 unspecified atom stereocenters. The van der Waals surface area contributed by atoms with Crippen molar-refractivity contribution in [3.8, 4) is 0 Å². The average molecular weight is 402 g/mol. The monoisotopic (exact) mass is 402 g/mol. The molecule has 0 bridgehead atoms. The largest absolute Gasteiger partial charge is 0.444 e. The average Bonchev–Trinajstić information content (AvgIpc) is 2.96. The number of ether oxygens (including phenoxy) is 2. The third kappa shape index (κ3) is 5.26. The number of hydrogen-bond acceptors (Lipinski definition) is 5.